The van der Waals surface area contributed by atoms with E-state index in [0.717, 1.165) is 6.54 Å². The van der Waals surface area contributed by atoms with Crippen LogP contribution < -0.4 is 5.73 Å². The molecule has 5 nitrogen and oxygen atoms in total. The van der Waals surface area contributed by atoms with Crippen LogP contribution in [0.25, 0.3) is 0 Å². The van der Waals surface area contributed by atoms with Gasteiger partial charge >= 0.3 is 12.1 Å². The molecule has 2 bridgehead atoms. The minimum atomic E-state index is -5.08. The molecule has 3 atom stereocenters. The lowest BCUT2D eigenvalue weighted by Crippen LogP contribution is -2.46. The maximum atomic E-state index is 10.6. The average Bonchev–Trinajstić information content (AvgIpc) is 2.71. The largest absolute Gasteiger partial charge is 0.490 e. The Kier molecular flexibility index (Phi) is 5.59. The van der Waals surface area contributed by atoms with Crippen LogP contribution in [0.2, 0.25) is 0 Å². The van der Waals surface area contributed by atoms with Crippen molar-refractivity contribution in [3.8, 4) is 0 Å². The Morgan fingerprint density at radius 1 is 1.30 bits per heavy atom. The second-order valence-corrected chi connectivity index (χ2v) is 5.91. The van der Waals surface area contributed by atoms with E-state index in [1.165, 1.54) is 31.4 Å². The minimum absolute atomic E-state index is 0.428. The standard InChI is InChI=1S/C13H19N3.C2HF3O2/c14-10-7-12-4-5-13(8-10)16(12)9-11-3-1-2-6-15-11;3-2(4,5)1(6)7/h1-3,6,10,12-13H,4-5,7-9,14H2;(H,6,7)/t10?,12-,13+;. The summed E-state index contributed by atoms with van der Waals surface area (Å²) in [4.78, 5) is 15.9. The summed E-state index contributed by atoms with van der Waals surface area (Å²) in [5.41, 5.74) is 7.26. The summed E-state index contributed by atoms with van der Waals surface area (Å²) >= 11 is 0. The van der Waals surface area contributed by atoms with Crippen LogP contribution in [-0.2, 0) is 11.3 Å². The van der Waals surface area contributed by atoms with E-state index in [0.29, 0.717) is 18.1 Å². The average molecular weight is 331 g/mol. The lowest BCUT2D eigenvalue weighted by molar-refractivity contribution is -0.192. The number of piperidine rings is 1. The third-order valence-electron chi connectivity index (χ3n) is 4.23. The first kappa shape index (κ1) is 17.7. The zero-order chi connectivity index (χ0) is 17.0. The van der Waals surface area contributed by atoms with E-state index < -0.39 is 12.1 Å². The molecule has 2 aliphatic rings. The highest BCUT2D eigenvalue weighted by atomic mass is 19.4. The van der Waals surface area contributed by atoms with Gasteiger partial charge in [0, 0.05) is 30.9 Å². The molecule has 3 rings (SSSR count). The highest BCUT2D eigenvalue weighted by Gasteiger charge is 2.39. The molecule has 0 aliphatic carbocycles. The van der Waals surface area contributed by atoms with Crippen LogP contribution in [0.15, 0.2) is 24.4 Å². The summed E-state index contributed by atoms with van der Waals surface area (Å²) in [6.45, 7) is 1.00. The van der Waals surface area contributed by atoms with Crippen LogP contribution in [0.3, 0.4) is 0 Å². The van der Waals surface area contributed by atoms with E-state index in [-0.39, 0.29) is 0 Å². The predicted octanol–water partition coefficient (Wildman–Crippen LogP) is 2.17. The van der Waals surface area contributed by atoms with Gasteiger partial charge in [-0.1, -0.05) is 6.07 Å². The third-order valence-corrected chi connectivity index (χ3v) is 4.23. The predicted molar refractivity (Wildman–Crippen MR) is 77.5 cm³/mol. The number of rotatable bonds is 2. The zero-order valence-electron chi connectivity index (χ0n) is 12.5. The van der Waals surface area contributed by atoms with Gasteiger partial charge in [-0.05, 0) is 37.8 Å². The summed E-state index contributed by atoms with van der Waals surface area (Å²) in [5.74, 6) is -2.76. The van der Waals surface area contributed by atoms with Crippen LogP contribution in [0.5, 0.6) is 0 Å². The number of carboxylic acid groups (broad SMARTS) is 1. The monoisotopic (exact) mass is 331 g/mol. The number of halogens is 3. The lowest BCUT2D eigenvalue weighted by atomic mass is 9.98. The van der Waals surface area contributed by atoms with Crippen molar-refractivity contribution in [3.05, 3.63) is 30.1 Å². The fourth-order valence-corrected chi connectivity index (χ4v) is 3.25. The Morgan fingerprint density at radius 3 is 2.30 bits per heavy atom. The van der Waals surface area contributed by atoms with Crippen LogP contribution >= 0.6 is 0 Å². The lowest BCUT2D eigenvalue weighted by Gasteiger charge is -2.37. The Hall–Kier alpha value is -1.67. The second-order valence-electron chi connectivity index (χ2n) is 5.91. The van der Waals surface area contributed by atoms with Crippen LogP contribution in [0.4, 0.5) is 13.2 Å². The minimum Gasteiger partial charge on any atom is -0.475 e. The molecule has 2 fully saturated rings. The van der Waals surface area contributed by atoms with Gasteiger partial charge < -0.3 is 10.8 Å². The van der Waals surface area contributed by atoms with Crippen molar-refractivity contribution >= 4 is 5.97 Å². The molecular formula is C15H20F3N3O2. The molecule has 128 valence electrons. The molecule has 0 amide bonds. The molecule has 1 unspecified atom stereocenters. The number of aromatic nitrogens is 1. The number of alkyl halides is 3. The van der Waals surface area contributed by atoms with Crippen molar-refractivity contribution in [1.82, 2.24) is 9.88 Å². The summed E-state index contributed by atoms with van der Waals surface area (Å²) < 4.78 is 31.7. The molecule has 0 saturated carbocycles. The fourth-order valence-electron chi connectivity index (χ4n) is 3.25. The van der Waals surface area contributed by atoms with E-state index in [9.17, 15) is 13.2 Å². The number of hydrogen-bond acceptors (Lipinski definition) is 4. The van der Waals surface area contributed by atoms with E-state index in [4.69, 9.17) is 15.6 Å². The molecule has 8 heteroatoms. The van der Waals surface area contributed by atoms with Gasteiger partial charge in [-0.3, -0.25) is 9.88 Å². The topological polar surface area (TPSA) is 79.5 Å². The van der Waals surface area contributed by atoms with Crippen LogP contribution in [0.1, 0.15) is 31.4 Å². The quantitative estimate of drug-likeness (QED) is 0.868. The SMILES string of the molecule is NC1C[C@H]2CC[C@@H](C1)N2Cc1ccccn1.O=C(O)C(F)(F)F. The Bertz CT molecular complexity index is 510. The summed E-state index contributed by atoms with van der Waals surface area (Å²) in [6.07, 6.45) is 1.79. The number of fused-ring (bicyclic) bond motifs is 2. The molecule has 1 aromatic heterocycles. The first-order valence-electron chi connectivity index (χ1n) is 7.48. The highest BCUT2D eigenvalue weighted by molar-refractivity contribution is 5.73. The van der Waals surface area contributed by atoms with Gasteiger partial charge in [0.05, 0.1) is 5.69 Å². The Balaban J connectivity index is 0.000000236. The number of carbonyl (C=O) groups is 1. The van der Waals surface area contributed by atoms with Gasteiger partial charge in [-0.2, -0.15) is 13.2 Å². The van der Waals surface area contributed by atoms with Crippen molar-refractivity contribution in [1.29, 1.82) is 0 Å². The first-order valence-corrected chi connectivity index (χ1v) is 7.48. The molecule has 1 aromatic rings. The maximum absolute atomic E-state index is 10.6. The van der Waals surface area contributed by atoms with Gasteiger partial charge in [0.1, 0.15) is 0 Å². The van der Waals surface area contributed by atoms with E-state index in [1.54, 1.807) is 0 Å². The third kappa shape index (κ3) is 4.90. The van der Waals surface area contributed by atoms with Gasteiger partial charge in [0.15, 0.2) is 0 Å². The fraction of sp³-hybridized carbons (Fsp3) is 0.600. The molecule has 0 spiro atoms. The smallest absolute Gasteiger partial charge is 0.475 e. The normalized spacial score (nSPS) is 27.2. The van der Waals surface area contributed by atoms with Crippen molar-refractivity contribution in [3.63, 3.8) is 0 Å². The molecule has 3 heterocycles. The summed E-state index contributed by atoms with van der Waals surface area (Å²) in [5, 5.41) is 7.12. The maximum Gasteiger partial charge on any atom is 0.490 e. The van der Waals surface area contributed by atoms with Crippen LogP contribution in [-0.4, -0.2) is 45.3 Å². The number of nitrogens with two attached hydrogens (primary N) is 1. The summed E-state index contributed by atoms with van der Waals surface area (Å²) in [7, 11) is 0. The number of carboxylic acids is 1. The van der Waals surface area contributed by atoms with Gasteiger partial charge in [0.2, 0.25) is 0 Å². The molecule has 3 N–H and O–H groups in total. The van der Waals surface area contributed by atoms with E-state index >= 15 is 0 Å². The van der Waals surface area contributed by atoms with Gasteiger partial charge in [0.25, 0.3) is 0 Å². The first-order chi connectivity index (χ1) is 10.8. The number of hydrogen-bond donors (Lipinski definition) is 2. The Morgan fingerprint density at radius 2 is 1.87 bits per heavy atom. The van der Waals surface area contributed by atoms with E-state index in [2.05, 4.69) is 22.0 Å². The van der Waals surface area contributed by atoms with Crippen molar-refractivity contribution in [2.45, 2.75) is 56.5 Å². The summed E-state index contributed by atoms with van der Waals surface area (Å²) in [6, 6.07) is 8.00. The molecular weight excluding hydrogens is 311 g/mol. The molecule has 2 aliphatic heterocycles. The number of pyridine rings is 1. The van der Waals surface area contributed by atoms with E-state index in [1.807, 2.05) is 12.3 Å². The second kappa shape index (κ2) is 7.27. The van der Waals surface area contributed by atoms with Crippen molar-refractivity contribution in [2.24, 2.45) is 5.73 Å². The van der Waals surface area contributed by atoms with Crippen molar-refractivity contribution < 1.29 is 23.1 Å². The number of nitrogens with zero attached hydrogens (tertiary/aromatic N) is 2. The van der Waals surface area contributed by atoms with Crippen molar-refractivity contribution in [2.75, 3.05) is 0 Å². The Labute approximate surface area is 132 Å². The molecule has 0 radical (unpaired) electrons. The molecule has 0 aromatic carbocycles. The highest BCUT2D eigenvalue weighted by Crippen LogP contribution is 2.35. The molecule has 23 heavy (non-hydrogen) atoms. The van der Waals surface area contributed by atoms with Gasteiger partial charge in [-0.25, -0.2) is 4.79 Å². The van der Waals surface area contributed by atoms with Crippen LogP contribution in [0, 0.1) is 0 Å². The zero-order valence-corrected chi connectivity index (χ0v) is 12.5. The number of aliphatic carboxylic acids is 1. The van der Waals surface area contributed by atoms with Gasteiger partial charge in [-0.15, -0.1) is 0 Å². The molecule has 2 saturated heterocycles.